The van der Waals surface area contributed by atoms with Crippen molar-refractivity contribution >= 4 is 18.2 Å². The van der Waals surface area contributed by atoms with Crippen molar-refractivity contribution in [1.29, 1.82) is 0 Å². The lowest BCUT2D eigenvalue weighted by atomic mass is 9.94. The number of carbonyl (C=O) groups is 3. The summed E-state index contributed by atoms with van der Waals surface area (Å²) in [6, 6.07) is 8.48. The first-order valence-electron chi connectivity index (χ1n) is 9.42. The van der Waals surface area contributed by atoms with Gasteiger partial charge < -0.3 is 15.0 Å². The van der Waals surface area contributed by atoms with Gasteiger partial charge in [-0.25, -0.2) is 5.48 Å². The van der Waals surface area contributed by atoms with Gasteiger partial charge in [0.1, 0.15) is 6.04 Å². The number of benzene rings is 1. The summed E-state index contributed by atoms with van der Waals surface area (Å²) in [5, 5.41) is 2.80. The van der Waals surface area contributed by atoms with E-state index in [2.05, 4.69) is 10.8 Å². The van der Waals surface area contributed by atoms with E-state index in [1.807, 2.05) is 30.3 Å². The molecule has 4 unspecified atom stereocenters. The third-order valence-electron chi connectivity index (χ3n) is 5.15. The molecule has 0 spiro atoms. The summed E-state index contributed by atoms with van der Waals surface area (Å²) in [5.41, 5.74) is 3.20. The SMILES string of the molecule is CONC(=O)C(Cc1ccccc1)NC(=O)C(C)C(OC)C1CCCN1C=O. The maximum atomic E-state index is 12.9. The van der Waals surface area contributed by atoms with Gasteiger partial charge in [0.25, 0.3) is 5.91 Å². The van der Waals surface area contributed by atoms with Gasteiger partial charge in [-0.1, -0.05) is 37.3 Å². The number of methoxy groups -OCH3 is 1. The van der Waals surface area contributed by atoms with Crippen LogP contribution in [-0.4, -0.2) is 62.1 Å². The van der Waals surface area contributed by atoms with E-state index in [0.717, 1.165) is 24.8 Å². The average molecular weight is 391 g/mol. The molecule has 4 atom stereocenters. The summed E-state index contributed by atoms with van der Waals surface area (Å²) in [7, 11) is 2.88. The Bertz CT molecular complexity index is 655. The lowest BCUT2D eigenvalue weighted by Crippen LogP contribution is -2.53. The van der Waals surface area contributed by atoms with Crippen LogP contribution in [-0.2, 0) is 30.4 Å². The molecular weight excluding hydrogens is 362 g/mol. The maximum absolute atomic E-state index is 12.9. The molecule has 0 aliphatic carbocycles. The van der Waals surface area contributed by atoms with Gasteiger partial charge in [-0.3, -0.25) is 19.2 Å². The van der Waals surface area contributed by atoms with Crippen LogP contribution in [0.1, 0.15) is 25.3 Å². The first-order valence-corrected chi connectivity index (χ1v) is 9.42. The molecule has 1 fully saturated rings. The minimum Gasteiger partial charge on any atom is -0.378 e. The highest BCUT2D eigenvalue weighted by Crippen LogP contribution is 2.25. The molecule has 0 saturated carbocycles. The average Bonchev–Trinajstić information content (AvgIpc) is 3.17. The molecule has 1 aromatic rings. The first-order chi connectivity index (χ1) is 13.5. The van der Waals surface area contributed by atoms with E-state index in [1.165, 1.54) is 14.2 Å². The van der Waals surface area contributed by atoms with Gasteiger partial charge in [0.15, 0.2) is 0 Å². The summed E-state index contributed by atoms with van der Waals surface area (Å²) in [6.45, 7) is 2.41. The summed E-state index contributed by atoms with van der Waals surface area (Å²) in [6.07, 6.45) is 2.35. The maximum Gasteiger partial charge on any atom is 0.266 e. The van der Waals surface area contributed by atoms with Crippen LogP contribution in [0.5, 0.6) is 0 Å². The predicted octanol–water partition coefficient (Wildman–Crippen LogP) is 0.663. The van der Waals surface area contributed by atoms with E-state index in [9.17, 15) is 14.4 Å². The second kappa shape index (κ2) is 10.8. The lowest BCUT2D eigenvalue weighted by molar-refractivity contribution is -0.140. The Hall–Kier alpha value is -2.45. The van der Waals surface area contributed by atoms with E-state index in [1.54, 1.807) is 11.8 Å². The van der Waals surface area contributed by atoms with E-state index in [-0.39, 0.29) is 11.9 Å². The number of hydrogen-bond donors (Lipinski definition) is 2. The highest BCUT2D eigenvalue weighted by molar-refractivity contribution is 5.88. The number of hydroxylamine groups is 1. The Labute approximate surface area is 165 Å². The third kappa shape index (κ3) is 5.53. The van der Waals surface area contributed by atoms with E-state index in [0.29, 0.717) is 13.0 Å². The van der Waals surface area contributed by atoms with Crippen molar-refractivity contribution in [3.8, 4) is 0 Å². The standard InChI is InChI=1S/C20H29N3O5/c1-14(18(27-2)17-10-7-11-23(17)13-24)19(25)21-16(20(26)22-28-3)12-15-8-5-4-6-9-15/h4-6,8-9,13-14,16-18H,7,10-12H2,1-3H3,(H,21,25)(H,22,26). The third-order valence-corrected chi connectivity index (χ3v) is 5.15. The lowest BCUT2D eigenvalue weighted by Gasteiger charge is -2.32. The minimum absolute atomic E-state index is 0.149. The number of rotatable bonds is 10. The number of likely N-dealkylation sites (tertiary alicyclic amines) is 1. The predicted molar refractivity (Wildman–Crippen MR) is 103 cm³/mol. The highest BCUT2D eigenvalue weighted by atomic mass is 16.6. The molecule has 0 aromatic heterocycles. The second-order valence-electron chi connectivity index (χ2n) is 6.96. The van der Waals surface area contributed by atoms with E-state index >= 15 is 0 Å². The van der Waals surface area contributed by atoms with Crippen LogP contribution in [0.15, 0.2) is 30.3 Å². The van der Waals surface area contributed by atoms with Crippen LogP contribution >= 0.6 is 0 Å². The van der Waals surface area contributed by atoms with Crippen molar-refractivity contribution < 1.29 is 24.0 Å². The molecule has 2 rings (SSSR count). The topological polar surface area (TPSA) is 97.0 Å². The zero-order chi connectivity index (χ0) is 20.5. The molecule has 0 radical (unpaired) electrons. The number of hydrogen-bond acceptors (Lipinski definition) is 5. The van der Waals surface area contributed by atoms with Crippen molar-refractivity contribution in [2.75, 3.05) is 20.8 Å². The van der Waals surface area contributed by atoms with E-state index < -0.39 is 24.0 Å². The Morgan fingerprint density at radius 2 is 1.96 bits per heavy atom. The van der Waals surface area contributed by atoms with Gasteiger partial charge in [-0.2, -0.15) is 0 Å². The number of carbonyl (C=O) groups excluding carboxylic acids is 3. The number of amides is 3. The molecule has 1 aliphatic rings. The van der Waals surface area contributed by atoms with Gasteiger partial charge in [0.05, 0.1) is 25.2 Å². The molecule has 154 valence electrons. The fourth-order valence-electron chi connectivity index (χ4n) is 3.68. The largest absolute Gasteiger partial charge is 0.378 e. The summed E-state index contributed by atoms with van der Waals surface area (Å²) >= 11 is 0. The number of ether oxygens (including phenoxy) is 1. The molecular formula is C20H29N3O5. The van der Waals surface area contributed by atoms with Gasteiger partial charge in [-0.05, 0) is 18.4 Å². The number of nitrogens with one attached hydrogen (secondary N) is 2. The molecule has 1 aliphatic heterocycles. The van der Waals surface area contributed by atoms with Gasteiger partial charge >= 0.3 is 0 Å². The molecule has 8 heteroatoms. The summed E-state index contributed by atoms with van der Waals surface area (Å²) in [4.78, 5) is 42.9. The monoisotopic (exact) mass is 391 g/mol. The molecule has 8 nitrogen and oxygen atoms in total. The van der Waals surface area contributed by atoms with Gasteiger partial charge in [0, 0.05) is 20.1 Å². The Morgan fingerprint density at radius 1 is 1.25 bits per heavy atom. The Morgan fingerprint density at radius 3 is 2.57 bits per heavy atom. The smallest absolute Gasteiger partial charge is 0.266 e. The van der Waals surface area contributed by atoms with Crippen molar-refractivity contribution in [2.24, 2.45) is 5.92 Å². The first kappa shape index (κ1) is 21.8. The molecule has 3 amide bonds. The fourth-order valence-corrected chi connectivity index (χ4v) is 3.68. The highest BCUT2D eigenvalue weighted by Gasteiger charge is 2.38. The van der Waals surface area contributed by atoms with E-state index in [4.69, 9.17) is 9.57 Å². The second-order valence-corrected chi connectivity index (χ2v) is 6.96. The zero-order valence-corrected chi connectivity index (χ0v) is 16.6. The molecule has 1 heterocycles. The molecule has 0 bridgehead atoms. The Kier molecular flexibility index (Phi) is 8.41. The van der Waals surface area contributed by atoms with Crippen LogP contribution in [0, 0.1) is 5.92 Å². The fraction of sp³-hybridized carbons (Fsp3) is 0.550. The summed E-state index contributed by atoms with van der Waals surface area (Å²) in [5.74, 6) is -1.28. The van der Waals surface area contributed by atoms with Gasteiger partial charge in [-0.15, -0.1) is 0 Å². The molecule has 1 saturated heterocycles. The van der Waals surface area contributed by atoms with Crippen molar-refractivity contribution in [3.05, 3.63) is 35.9 Å². The van der Waals surface area contributed by atoms with Crippen molar-refractivity contribution in [3.63, 3.8) is 0 Å². The van der Waals surface area contributed by atoms with Crippen LogP contribution in [0.4, 0.5) is 0 Å². The molecule has 28 heavy (non-hydrogen) atoms. The van der Waals surface area contributed by atoms with Crippen LogP contribution in [0.2, 0.25) is 0 Å². The van der Waals surface area contributed by atoms with Crippen LogP contribution < -0.4 is 10.8 Å². The normalized spacial score (nSPS) is 19.5. The minimum atomic E-state index is -0.791. The van der Waals surface area contributed by atoms with Gasteiger partial charge in [0.2, 0.25) is 12.3 Å². The zero-order valence-electron chi connectivity index (χ0n) is 16.6. The summed E-state index contributed by atoms with van der Waals surface area (Å²) < 4.78 is 5.57. The Balaban J connectivity index is 2.09. The molecule has 1 aromatic carbocycles. The number of nitrogens with zero attached hydrogens (tertiary/aromatic N) is 1. The van der Waals surface area contributed by atoms with Crippen molar-refractivity contribution in [2.45, 2.75) is 44.4 Å². The van der Waals surface area contributed by atoms with Crippen LogP contribution in [0.3, 0.4) is 0 Å². The quantitative estimate of drug-likeness (QED) is 0.451. The van der Waals surface area contributed by atoms with Crippen molar-refractivity contribution in [1.82, 2.24) is 15.7 Å². The van der Waals surface area contributed by atoms with Crippen LogP contribution in [0.25, 0.3) is 0 Å². The molecule has 2 N–H and O–H groups in total.